The van der Waals surface area contributed by atoms with Gasteiger partial charge >= 0.3 is 0 Å². The highest BCUT2D eigenvalue weighted by molar-refractivity contribution is 4.71. The summed E-state index contributed by atoms with van der Waals surface area (Å²) in [4.78, 5) is 0. The second kappa shape index (κ2) is 122. The van der Waals surface area contributed by atoms with Gasteiger partial charge in [0.25, 0.3) is 0 Å². The third kappa shape index (κ3) is 117. The number of hydrogen-bond acceptors (Lipinski definition) is 45. The molecule has 2 unspecified atom stereocenters. The topological polar surface area (TPSA) is 415 Å². The highest BCUT2D eigenvalue weighted by Gasteiger charge is 2.33. The molecule has 0 spiro atoms. The molecule has 0 radical (unpaired) electrons. The van der Waals surface area contributed by atoms with Crippen LogP contribution in [0.5, 0.6) is 0 Å². The molecule has 1 aliphatic rings. The molecule has 138 heavy (non-hydrogen) atoms. The first kappa shape index (κ1) is 134. The third-order valence-electron chi connectivity index (χ3n) is 17.4. The molecule has 0 aromatic rings. The smallest absolute Gasteiger partial charge is 0.163 e. The van der Waals surface area contributed by atoms with Crippen molar-refractivity contribution < 1.29 is 213 Å². The largest absolute Gasteiger partial charge is 0.382 e. The van der Waals surface area contributed by atoms with Crippen molar-refractivity contribution in [3.63, 3.8) is 0 Å². The lowest BCUT2D eigenvalue weighted by Gasteiger charge is -2.20. The lowest BCUT2D eigenvalue weighted by Crippen LogP contribution is -2.30. The van der Waals surface area contributed by atoms with Crippen LogP contribution in [0.25, 0.3) is 0 Å². The highest BCUT2D eigenvalue weighted by atomic mass is 16.8. The van der Waals surface area contributed by atoms with Gasteiger partial charge in [0.05, 0.1) is 562 Å². The minimum Gasteiger partial charge on any atom is -0.382 e. The fourth-order valence-electron chi connectivity index (χ4n) is 10.5. The maximum atomic E-state index is 5.91. The maximum absolute atomic E-state index is 5.91. The number of methoxy groups -OCH3 is 1. The standard InChI is InChI=1S/C93H184O45/c1-5-6-134-87-91(88-135-89-92-90-137-93(2,3)138-92)136-86-85-133-84-83-132-82-81-131-80-79-130-78-77-129-76-75-128-74-73-127-72-71-126-70-69-125-68-67-124-66-65-123-64-63-122-62-61-121-60-59-120-58-57-119-56-55-118-54-53-117-52-51-116-50-49-115-48-47-114-46-45-113-44-43-112-42-41-111-40-39-110-38-37-109-36-35-108-34-33-107-32-31-106-30-29-105-28-27-104-26-25-103-24-23-102-22-21-101-20-19-100-18-17-99-16-15-98-14-13-97-12-11-96-10-9-95-8-7-94-4/h5,91-92H,1,6-90H2,2-4H3. The van der Waals surface area contributed by atoms with E-state index >= 15 is 0 Å². The summed E-state index contributed by atoms with van der Waals surface area (Å²) in [6.07, 6.45) is 1.36. The van der Waals surface area contributed by atoms with E-state index in [1.807, 2.05) is 13.8 Å². The van der Waals surface area contributed by atoms with Gasteiger partial charge < -0.3 is 213 Å². The Morgan fingerprint density at radius 2 is 0.326 bits per heavy atom. The van der Waals surface area contributed by atoms with Gasteiger partial charge in [0.1, 0.15) is 12.2 Å². The van der Waals surface area contributed by atoms with E-state index in [1.54, 1.807) is 13.2 Å². The molecule has 0 saturated carbocycles. The fraction of sp³-hybridized carbons (Fsp3) is 0.978. The summed E-state index contributed by atoms with van der Waals surface area (Å²) in [7, 11) is 1.64. The number of ether oxygens (including phenoxy) is 45. The Bertz CT molecular complexity index is 2100. The summed E-state index contributed by atoms with van der Waals surface area (Å²) < 4.78 is 250. The van der Waals surface area contributed by atoms with E-state index in [0.29, 0.717) is 562 Å². The quantitative estimate of drug-likeness (QED) is 0.0621. The van der Waals surface area contributed by atoms with E-state index in [4.69, 9.17) is 213 Å². The van der Waals surface area contributed by atoms with Gasteiger partial charge in [-0.2, -0.15) is 0 Å². The summed E-state index contributed by atoms with van der Waals surface area (Å²) in [5.74, 6) is -0.581. The molecule has 1 heterocycles. The van der Waals surface area contributed by atoms with Crippen molar-refractivity contribution in [1.29, 1.82) is 0 Å². The lowest BCUT2D eigenvalue weighted by atomic mass is 10.3. The van der Waals surface area contributed by atoms with Gasteiger partial charge in [-0.25, -0.2) is 0 Å². The normalized spacial score (nSPS) is 13.6. The van der Waals surface area contributed by atoms with Crippen molar-refractivity contribution in [1.82, 2.24) is 0 Å². The van der Waals surface area contributed by atoms with Crippen molar-refractivity contribution >= 4 is 0 Å². The zero-order valence-electron chi connectivity index (χ0n) is 84.4. The molecule has 0 aliphatic carbocycles. The van der Waals surface area contributed by atoms with Crippen LogP contribution in [0, 0.1) is 0 Å². The molecule has 0 bridgehead atoms. The fourth-order valence-corrected chi connectivity index (χ4v) is 10.5. The van der Waals surface area contributed by atoms with Gasteiger partial charge in [0.15, 0.2) is 5.79 Å². The van der Waals surface area contributed by atoms with Crippen LogP contribution >= 0.6 is 0 Å². The Morgan fingerprint density at radius 3 is 0.449 bits per heavy atom. The molecule has 1 aliphatic heterocycles. The van der Waals surface area contributed by atoms with Crippen LogP contribution in [-0.2, 0) is 213 Å². The monoisotopic (exact) mass is 2020 g/mol. The first-order valence-electron chi connectivity index (χ1n) is 49.3. The van der Waals surface area contributed by atoms with Gasteiger partial charge in [0.2, 0.25) is 0 Å². The number of hydrogen-bond donors (Lipinski definition) is 0. The Balaban J connectivity index is 1.59. The van der Waals surface area contributed by atoms with E-state index in [-0.39, 0.29) is 12.2 Å². The van der Waals surface area contributed by atoms with Gasteiger partial charge in [0, 0.05) is 7.11 Å². The second-order valence-electron chi connectivity index (χ2n) is 29.2. The van der Waals surface area contributed by atoms with Crippen molar-refractivity contribution in [3.05, 3.63) is 12.7 Å². The predicted octanol–water partition coefficient (Wildman–Crippen LogP) is 2.04. The molecule has 1 fully saturated rings. The Labute approximate surface area is 823 Å². The molecule has 0 N–H and O–H groups in total. The molecule has 0 aromatic carbocycles. The first-order chi connectivity index (χ1) is 68.6. The van der Waals surface area contributed by atoms with E-state index in [0.717, 1.165) is 0 Å². The Kier molecular flexibility index (Phi) is 118. The van der Waals surface area contributed by atoms with Crippen molar-refractivity contribution in [2.75, 3.05) is 569 Å². The second-order valence-corrected chi connectivity index (χ2v) is 29.2. The van der Waals surface area contributed by atoms with E-state index < -0.39 is 5.79 Å². The molecule has 1 saturated heterocycles. The van der Waals surface area contributed by atoms with Crippen LogP contribution in [0.15, 0.2) is 12.7 Å². The van der Waals surface area contributed by atoms with Crippen LogP contribution in [0.1, 0.15) is 13.8 Å². The van der Waals surface area contributed by atoms with Gasteiger partial charge in [-0.15, -0.1) is 6.58 Å². The van der Waals surface area contributed by atoms with Gasteiger partial charge in [-0.1, -0.05) is 6.08 Å². The first-order valence-corrected chi connectivity index (χ1v) is 49.3. The predicted molar refractivity (Wildman–Crippen MR) is 500 cm³/mol. The molecule has 1 rings (SSSR count). The van der Waals surface area contributed by atoms with Crippen LogP contribution in [0.4, 0.5) is 0 Å². The molecular formula is C93H184O45. The molecule has 826 valence electrons. The molecule has 2 atom stereocenters. The summed E-state index contributed by atoms with van der Waals surface area (Å²) in [6, 6.07) is 0. The highest BCUT2D eigenvalue weighted by Crippen LogP contribution is 2.22. The van der Waals surface area contributed by atoms with Crippen molar-refractivity contribution in [2.45, 2.75) is 31.8 Å². The van der Waals surface area contributed by atoms with E-state index in [2.05, 4.69) is 6.58 Å². The zero-order chi connectivity index (χ0) is 98.3. The van der Waals surface area contributed by atoms with Crippen molar-refractivity contribution in [2.24, 2.45) is 0 Å². The number of rotatable bonds is 129. The average molecular weight is 2020 g/mol. The van der Waals surface area contributed by atoms with Crippen LogP contribution in [0.2, 0.25) is 0 Å². The molecule has 0 aromatic heterocycles. The third-order valence-corrected chi connectivity index (χ3v) is 17.4. The molecule has 45 nitrogen and oxygen atoms in total. The Morgan fingerprint density at radius 1 is 0.196 bits per heavy atom. The van der Waals surface area contributed by atoms with E-state index in [9.17, 15) is 0 Å². The van der Waals surface area contributed by atoms with Crippen LogP contribution in [-0.4, -0.2) is 587 Å². The summed E-state index contributed by atoms with van der Waals surface area (Å²) in [5.41, 5.74) is 0. The average Bonchev–Trinajstić information content (AvgIpc) is 1.73. The summed E-state index contributed by atoms with van der Waals surface area (Å²) in [6.45, 7) is 48.0. The minimum absolute atomic E-state index is 0.101. The summed E-state index contributed by atoms with van der Waals surface area (Å²) >= 11 is 0. The molecule has 0 amide bonds. The van der Waals surface area contributed by atoms with Crippen LogP contribution in [0.3, 0.4) is 0 Å². The van der Waals surface area contributed by atoms with E-state index in [1.165, 1.54) is 0 Å². The van der Waals surface area contributed by atoms with Gasteiger partial charge in [-0.3, -0.25) is 0 Å². The van der Waals surface area contributed by atoms with Gasteiger partial charge in [-0.05, 0) is 13.8 Å². The van der Waals surface area contributed by atoms with Crippen molar-refractivity contribution in [3.8, 4) is 0 Å². The SMILES string of the molecule is C=CCOCC(COCC1COC(C)(C)O1)OCCOCCOCCOCCOCCOCCOCCOCCOCCOCCOCCOCCOCCOCCOCCOCCOCCOCCOCCOCCOCCOCCOCCOCCOCCOCCOCCOCCOCCOCCOCCOCCOCCOCCOCCOCCOCCOCCOCCOCCOC. The maximum Gasteiger partial charge on any atom is 0.163 e. The van der Waals surface area contributed by atoms with Crippen LogP contribution < -0.4 is 0 Å². The minimum atomic E-state index is -0.581. The summed E-state index contributed by atoms with van der Waals surface area (Å²) in [5, 5.41) is 0. The lowest BCUT2D eigenvalue weighted by molar-refractivity contribution is -0.148. The Hall–Kier alpha value is -2.06. The molecular weight excluding hydrogens is 1840 g/mol. The zero-order valence-corrected chi connectivity index (χ0v) is 84.4. The molecule has 45 heteroatoms.